The molecule has 2 rings (SSSR count). The van der Waals surface area contributed by atoms with E-state index >= 15 is 0 Å². The Morgan fingerprint density at radius 3 is 2.68 bits per heavy atom. The topological polar surface area (TPSA) is 35.5 Å². The van der Waals surface area contributed by atoms with Crippen LogP contribution in [0.25, 0.3) is 0 Å². The molecular formula is C16H20O3. The van der Waals surface area contributed by atoms with Gasteiger partial charge in [0.2, 0.25) is 0 Å². The molecule has 1 fully saturated rings. The van der Waals surface area contributed by atoms with Gasteiger partial charge in [0.25, 0.3) is 0 Å². The van der Waals surface area contributed by atoms with Gasteiger partial charge in [-0.2, -0.15) is 0 Å². The van der Waals surface area contributed by atoms with Crippen molar-refractivity contribution in [3.63, 3.8) is 0 Å². The summed E-state index contributed by atoms with van der Waals surface area (Å²) >= 11 is 0. The molecule has 1 aromatic carbocycles. The molecule has 3 nitrogen and oxygen atoms in total. The zero-order valence-corrected chi connectivity index (χ0v) is 11.4. The molecule has 0 saturated carbocycles. The summed E-state index contributed by atoms with van der Waals surface area (Å²) in [6.45, 7) is 6.01. The highest BCUT2D eigenvalue weighted by atomic mass is 16.5. The van der Waals surface area contributed by atoms with Crippen LogP contribution in [-0.4, -0.2) is 19.2 Å². The van der Waals surface area contributed by atoms with E-state index in [0.717, 1.165) is 5.56 Å². The second-order valence-electron chi connectivity index (χ2n) is 4.96. The van der Waals surface area contributed by atoms with E-state index in [0.29, 0.717) is 6.42 Å². The molecule has 1 aliphatic rings. The molecule has 0 N–H and O–H groups in total. The predicted molar refractivity (Wildman–Crippen MR) is 73.5 cm³/mol. The number of ether oxygens (including phenoxy) is 2. The fourth-order valence-corrected chi connectivity index (χ4v) is 2.69. The third-order valence-corrected chi connectivity index (χ3v) is 3.86. The molecule has 0 unspecified atom stereocenters. The van der Waals surface area contributed by atoms with Gasteiger partial charge in [-0.25, -0.2) is 0 Å². The van der Waals surface area contributed by atoms with Crippen LogP contribution in [0.3, 0.4) is 0 Å². The summed E-state index contributed by atoms with van der Waals surface area (Å²) in [4.78, 5) is 11.4. The van der Waals surface area contributed by atoms with Crippen LogP contribution in [0, 0.1) is 11.8 Å². The van der Waals surface area contributed by atoms with Crippen molar-refractivity contribution < 1.29 is 14.3 Å². The van der Waals surface area contributed by atoms with Crippen LogP contribution >= 0.6 is 0 Å². The molecule has 0 bridgehead atoms. The summed E-state index contributed by atoms with van der Waals surface area (Å²) in [7, 11) is 1.40. The predicted octanol–water partition coefficient (Wildman–Crippen LogP) is 3.13. The van der Waals surface area contributed by atoms with Gasteiger partial charge in [-0.1, -0.05) is 43.3 Å². The van der Waals surface area contributed by atoms with E-state index < -0.39 is 0 Å². The normalized spacial score (nSPS) is 30.0. The van der Waals surface area contributed by atoms with Crippen molar-refractivity contribution in [1.29, 1.82) is 0 Å². The van der Waals surface area contributed by atoms with Crippen molar-refractivity contribution in [2.75, 3.05) is 7.11 Å². The van der Waals surface area contributed by atoms with Gasteiger partial charge < -0.3 is 9.47 Å². The zero-order valence-electron chi connectivity index (χ0n) is 11.4. The fraction of sp³-hybridized carbons (Fsp3) is 0.438. The first-order chi connectivity index (χ1) is 9.17. The van der Waals surface area contributed by atoms with E-state index in [4.69, 9.17) is 9.47 Å². The Hall–Kier alpha value is -1.61. The van der Waals surface area contributed by atoms with Crippen LogP contribution in [0.15, 0.2) is 43.0 Å². The summed E-state index contributed by atoms with van der Waals surface area (Å²) < 4.78 is 10.8. The van der Waals surface area contributed by atoms with E-state index in [1.807, 2.05) is 24.3 Å². The molecule has 1 aliphatic heterocycles. The number of carbonyl (C=O) groups excluding carboxylic acids is 1. The first-order valence-corrected chi connectivity index (χ1v) is 6.57. The maximum Gasteiger partial charge on any atom is 0.308 e. The van der Waals surface area contributed by atoms with E-state index in [9.17, 15) is 4.79 Å². The summed E-state index contributed by atoms with van der Waals surface area (Å²) in [5, 5.41) is 0. The Labute approximate surface area is 114 Å². The van der Waals surface area contributed by atoms with Gasteiger partial charge >= 0.3 is 5.97 Å². The van der Waals surface area contributed by atoms with Crippen LogP contribution in [0.1, 0.15) is 25.0 Å². The van der Waals surface area contributed by atoms with E-state index in [2.05, 4.69) is 25.6 Å². The van der Waals surface area contributed by atoms with Gasteiger partial charge in [0.05, 0.1) is 25.7 Å². The van der Waals surface area contributed by atoms with Crippen molar-refractivity contribution in [3.05, 3.63) is 48.6 Å². The smallest absolute Gasteiger partial charge is 0.308 e. The second kappa shape index (κ2) is 6.02. The molecule has 0 spiro atoms. The first kappa shape index (κ1) is 13.8. The number of methoxy groups -OCH3 is 1. The van der Waals surface area contributed by atoms with Crippen molar-refractivity contribution in [2.45, 2.75) is 25.6 Å². The maximum atomic E-state index is 11.4. The summed E-state index contributed by atoms with van der Waals surface area (Å²) in [5.74, 6) is 0.243. The zero-order chi connectivity index (χ0) is 13.8. The summed E-state index contributed by atoms with van der Waals surface area (Å²) in [6.07, 6.45) is 2.09. The lowest BCUT2D eigenvalue weighted by molar-refractivity contribution is -0.144. The number of benzene rings is 1. The second-order valence-corrected chi connectivity index (χ2v) is 4.96. The quantitative estimate of drug-likeness (QED) is 0.616. The Morgan fingerprint density at radius 1 is 1.42 bits per heavy atom. The molecular weight excluding hydrogens is 240 g/mol. The average molecular weight is 260 g/mol. The van der Waals surface area contributed by atoms with E-state index in [-0.39, 0.29) is 30.0 Å². The summed E-state index contributed by atoms with van der Waals surface area (Å²) in [6, 6.07) is 10.1. The van der Waals surface area contributed by atoms with Gasteiger partial charge in [0.1, 0.15) is 0 Å². The standard InChI is InChI=1S/C16H20O3/c1-4-13-11(2)14(10-15(17)18-3)19-16(13)12-8-6-5-7-9-12/h4-9,11,13-14,16H,1,10H2,2-3H3/t11-,13-,14+,16+/m1/s1. The third kappa shape index (κ3) is 2.87. The van der Waals surface area contributed by atoms with Crippen molar-refractivity contribution in [1.82, 2.24) is 0 Å². The van der Waals surface area contributed by atoms with E-state index in [1.54, 1.807) is 0 Å². The van der Waals surface area contributed by atoms with Crippen LogP contribution < -0.4 is 0 Å². The van der Waals surface area contributed by atoms with Crippen LogP contribution in [0.4, 0.5) is 0 Å². The highest BCUT2D eigenvalue weighted by Gasteiger charge is 2.41. The van der Waals surface area contributed by atoms with Gasteiger partial charge in [0, 0.05) is 5.92 Å². The van der Waals surface area contributed by atoms with Gasteiger partial charge in [-0.15, -0.1) is 6.58 Å². The molecule has 102 valence electrons. The van der Waals surface area contributed by atoms with Crippen molar-refractivity contribution in [3.8, 4) is 0 Å². The average Bonchev–Trinajstić information content (AvgIpc) is 2.76. The molecule has 4 atom stereocenters. The van der Waals surface area contributed by atoms with E-state index in [1.165, 1.54) is 7.11 Å². The van der Waals surface area contributed by atoms with Crippen molar-refractivity contribution in [2.24, 2.45) is 11.8 Å². The monoisotopic (exact) mass is 260 g/mol. The van der Waals surface area contributed by atoms with Crippen molar-refractivity contribution >= 4 is 5.97 Å². The lowest BCUT2D eigenvalue weighted by Crippen LogP contribution is -2.21. The number of hydrogen-bond acceptors (Lipinski definition) is 3. The van der Waals surface area contributed by atoms with Gasteiger partial charge in [0.15, 0.2) is 0 Å². The lowest BCUT2D eigenvalue weighted by atomic mass is 9.85. The fourth-order valence-electron chi connectivity index (χ4n) is 2.69. The summed E-state index contributed by atoms with van der Waals surface area (Å²) in [5.41, 5.74) is 1.13. The lowest BCUT2D eigenvalue weighted by Gasteiger charge is -2.17. The Bertz CT molecular complexity index is 441. The van der Waals surface area contributed by atoms with Gasteiger partial charge in [-0.3, -0.25) is 4.79 Å². The number of esters is 1. The minimum Gasteiger partial charge on any atom is -0.469 e. The molecule has 0 aliphatic carbocycles. The number of carbonyl (C=O) groups is 1. The van der Waals surface area contributed by atoms with Gasteiger partial charge in [-0.05, 0) is 11.5 Å². The Kier molecular flexibility index (Phi) is 4.38. The molecule has 19 heavy (non-hydrogen) atoms. The number of hydrogen-bond donors (Lipinski definition) is 0. The molecule has 3 heteroatoms. The maximum absolute atomic E-state index is 11.4. The van der Waals surface area contributed by atoms with Crippen LogP contribution in [-0.2, 0) is 14.3 Å². The molecule has 1 heterocycles. The number of rotatable bonds is 4. The first-order valence-electron chi connectivity index (χ1n) is 6.57. The molecule has 1 aromatic rings. The molecule has 0 amide bonds. The molecule has 0 radical (unpaired) electrons. The third-order valence-electron chi connectivity index (χ3n) is 3.86. The molecule has 0 aromatic heterocycles. The van der Waals surface area contributed by atoms with Crippen LogP contribution in [0.5, 0.6) is 0 Å². The Balaban J connectivity index is 2.17. The highest BCUT2D eigenvalue weighted by Crippen LogP contribution is 2.43. The molecule has 1 saturated heterocycles. The highest BCUT2D eigenvalue weighted by molar-refractivity contribution is 5.69. The SMILES string of the molecule is C=C[C@@H]1[C@@H](C)[C@H](CC(=O)OC)O[C@H]1c1ccccc1. The Morgan fingerprint density at radius 2 is 2.11 bits per heavy atom. The largest absolute Gasteiger partial charge is 0.469 e. The van der Waals surface area contributed by atoms with Crippen LogP contribution in [0.2, 0.25) is 0 Å². The minimum atomic E-state index is -0.228. The minimum absolute atomic E-state index is 0.0247.